The molecule has 132 valence electrons. The zero-order valence-corrected chi connectivity index (χ0v) is 15.1. The Morgan fingerprint density at radius 1 is 0.769 bits per heavy atom. The molecule has 0 aliphatic carbocycles. The van der Waals surface area contributed by atoms with Gasteiger partial charge in [-0.05, 0) is 36.6 Å². The van der Waals surface area contributed by atoms with E-state index in [2.05, 4.69) is 0 Å². The van der Waals surface area contributed by atoms with Crippen LogP contribution in [0.25, 0.3) is 0 Å². The second kappa shape index (κ2) is 8.34. The molecule has 0 saturated heterocycles. The third-order valence-corrected chi connectivity index (χ3v) is 4.29. The van der Waals surface area contributed by atoms with Crippen LogP contribution in [0, 0.1) is 13.8 Å². The predicted molar refractivity (Wildman–Crippen MR) is 103 cm³/mol. The van der Waals surface area contributed by atoms with Crippen molar-refractivity contribution in [1.82, 2.24) is 0 Å². The van der Waals surface area contributed by atoms with E-state index in [0.717, 1.165) is 28.5 Å². The van der Waals surface area contributed by atoms with Crippen LogP contribution < -0.4 is 9.47 Å². The fourth-order valence-electron chi connectivity index (χ4n) is 2.82. The van der Waals surface area contributed by atoms with Gasteiger partial charge in [-0.1, -0.05) is 60.7 Å². The Hall–Kier alpha value is -3.07. The van der Waals surface area contributed by atoms with Gasteiger partial charge in [0.15, 0.2) is 11.5 Å². The molecule has 0 aliphatic rings. The van der Waals surface area contributed by atoms with Gasteiger partial charge in [0.2, 0.25) is 0 Å². The van der Waals surface area contributed by atoms with Crippen molar-refractivity contribution in [1.29, 1.82) is 0 Å². The second-order valence-electron chi connectivity index (χ2n) is 6.23. The molecular weight excluding hydrogens is 324 g/mol. The Morgan fingerprint density at radius 2 is 1.27 bits per heavy atom. The number of ether oxygens (including phenoxy) is 2. The van der Waals surface area contributed by atoms with E-state index >= 15 is 0 Å². The van der Waals surface area contributed by atoms with Crippen molar-refractivity contribution < 1.29 is 14.3 Å². The number of aryl methyl sites for hydroxylation is 1. The molecule has 3 aromatic carbocycles. The number of carbonyl (C=O) groups is 1. The molecule has 0 N–H and O–H groups in total. The van der Waals surface area contributed by atoms with Gasteiger partial charge in [0.1, 0.15) is 19.5 Å². The van der Waals surface area contributed by atoms with Gasteiger partial charge in [0.25, 0.3) is 0 Å². The van der Waals surface area contributed by atoms with Gasteiger partial charge in [-0.15, -0.1) is 0 Å². The van der Waals surface area contributed by atoms with Gasteiger partial charge in [0.05, 0.1) is 0 Å². The predicted octanol–water partition coefficient (Wildman–Crippen LogP) is 5.27. The highest BCUT2D eigenvalue weighted by Gasteiger charge is 2.16. The highest BCUT2D eigenvalue weighted by molar-refractivity contribution is 5.80. The molecule has 0 unspecified atom stereocenters. The lowest BCUT2D eigenvalue weighted by atomic mass is 10.0. The van der Waals surface area contributed by atoms with Gasteiger partial charge in [-0.2, -0.15) is 0 Å². The largest absolute Gasteiger partial charge is 0.485 e. The third kappa shape index (κ3) is 4.12. The minimum Gasteiger partial charge on any atom is -0.485 e. The minimum absolute atomic E-state index is 0.422. The van der Waals surface area contributed by atoms with Crippen molar-refractivity contribution in [2.75, 3.05) is 0 Å². The molecule has 3 heteroatoms. The first-order valence-corrected chi connectivity index (χ1v) is 8.62. The molecule has 3 rings (SSSR count). The molecule has 0 saturated carbocycles. The molecule has 0 atom stereocenters. The van der Waals surface area contributed by atoms with Crippen LogP contribution in [-0.4, -0.2) is 6.29 Å². The third-order valence-electron chi connectivity index (χ3n) is 4.29. The summed E-state index contributed by atoms with van der Waals surface area (Å²) in [6.45, 7) is 4.69. The fourth-order valence-corrected chi connectivity index (χ4v) is 2.82. The molecule has 0 amide bonds. The van der Waals surface area contributed by atoms with E-state index in [0.29, 0.717) is 30.3 Å². The first kappa shape index (κ1) is 17.7. The summed E-state index contributed by atoms with van der Waals surface area (Å²) in [5.41, 5.74) is 4.45. The summed E-state index contributed by atoms with van der Waals surface area (Å²) in [7, 11) is 0. The van der Waals surface area contributed by atoms with Gasteiger partial charge in [0, 0.05) is 11.1 Å². The molecular formula is C23H22O3. The zero-order chi connectivity index (χ0) is 18.4. The Kier molecular flexibility index (Phi) is 5.69. The summed E-state index contributed by atoms with van der Waals surface area (Å²) in [6.07, 6.45) is 0.860. The summed E-state index contributed by atoms with van der Waals surface area (Å²) in [5, 5.41) is 0. The van der Waals surface area contributed by atoms with Crippen LogP contribution in [0.5, 0.6) is 11.5 Å². The van der Waals surface area contributed by atoms with E-state index < -0.39 is 0 Å². The van der Waals surface area contributed by atoms with Crippen LogP contribution in [0.2, 0.25) is 0 Å². The number of hydrogen-bond donors (Lipinski definition) is 0. The molecule has 26 heavy (non-hydrogen) atoms. The Balaban J connectivity index is 1.88. The topological polar surface area (TPSA) is 35.5 Å². The van der Waals surface area contributed by atoms with E-state index in [9.17, 15) is 4.79 Å². The summed E-state index contributed by atoms with van der Waals surface area (Å²) < 4.78 is 12.2. The van der Waals surface area contributed by atoms with E-state index in [1.165, 1.54) is 0 Å². The van der Waals surface area contributed by atoms with Crippen molar-refractivity contribution in [2.45, 2.75) is 27.1 Å². The van der Waals surface area contributed by atoms with E-state index in [4.69, 9.17) is 9.47 Å². The van der Waals surface area contributed by atoms with Gasteiger partial charge in [-0.25, -0.2) is 0 Å². The molecule has 0 bridgehead atoms. The summed E-state index contributed by atoms with van der Waals surface area (Å²) in [4.78, 5) is 11.4. The highest BCUT2D eigenvalue weighted by Crippen LogP contribution is 2.37. The maximum Gasteiger partial charge on any atom is 0.165 e. The van der Waals surface area contributed by atoms with E-state index in [1.54, 1.807) is 0 Å². The first-order valence-electron chi connectivity index (χ1n) is 8.62. The molecule has 0 fully saturated rings. The zero-order valence-electron chi connectivity index (χ0n) is 15.1. The van der Waals surface area contributed by atoms with Gasteiger partial charge < -0.3 is 9.47 Å². The number of rotatable bonds is 7. The highest BCUT2D eigenvalue weighted by atomic mass is 16.5. The Labute approximate surface area is 154 Å². The van der Waals surface area contributed by atoms with Crippen LogP contribution in [0.15, 0.2) is 66.7 Å². The normalized spacial score (nSPS) is 10.4. The van der Waals surface area contributed by atoms with Gasteiger partial charge in [-0.3, -0.25) is 4.79 Å². The van der Waals surface area contributed by atoms with Crippen LogP contribution in [0.1, 0.15) is 32.6 Å². The van der Waals surface area contributed by atoms with Crippen LogP contribution in [0.3, 0.4) is 0 Å². The summed E-state index contributed by atoms with van der Waals surface area (Å²) >= 11 is 0. The van der Waals surface area contributed by atoms with Crippen molar-refractivity contribution in [3.05, 3.63) is 94.5 Å². The Bertz CT molecular complexity index is 871. The van der Waals surface area contributed by atoms with Crippen molar-refractivity contribution >= 4 is 6.29 Å². The number of benzene rings is 3. The van der Waals surface area contributed by atoms with E-state index in [-0.39, 0.29) is 0 Å². The summed E-state index contributed by atoms with van der Waals surface area (Å²) in [5.74, 6) is 1.32. The number of carbonyl (C=O) groups excluding carboxylic acids is 1. The molecule has 0 heterocycles. The van der Waals surface area contributed by atoms with Gasteiger partial charge >= 0.3 is 0 Å². The van der Waals surface area contributed by atoms with Crippen LogP contribution in [0.4, 0.5) is 0 Å². The molecule has 0 aromatic heterocycles. The van der Waals surface area contributed by atoms with Crippen molar-refractivity contribution in [3.8, 4) is 11.5 Å². The average molecular weight is 346 g/mol. The standard InChI is InChI=1S/C23H22O3/c1-17-13-21(14-24)18(2)23(26-16-20-11-7-4-8-12-20)22(17)25-15-19-9-5-3-6-10-19/h3-14H,15-16H2,1-2H3. The maximum atomic E-state index is 11.4. The Morgan fingerprint density at radius 3 is 1.77 bits per heavy atom. The molecule has 3 nitrogen and oxygen atoms in total. The van der Waals surface area contributed by atoms with Crippen LogP contribution >= 0.6 is 0 Å². The smallest absolute Gasteiger partial charge is 0.165 e. The second-order valence-corrected chi connectivity index (χ2v) is 6.23. The SMILES string of the molecule is Cc1cc(C=O)c(C)c(OCc2ccccc2)c1OCc1ccccc1. The lowest BCUT2D eigenvalue weighted by molar-refractivity contribution is 0.112. The minimum atomic E-state index is 0.422. The first-order chi connectivity index (χ1) is 12.7. The fraction of sp³-hybridized carbons (Fsp3) is 0.174. The molecule has 0 spiro atoms. The quantitative estimate of drug-likeness (QED) is 0.546. The number of hydrogen-bond acceptors (Lipinski definition) is 3. The lowest BCUT2D eigenvalue weighted by Gasteiger charge is -2.18. The van der Waals surface area contributed by atoms with E-state index in [1.807, 2.05) is 80.6 Å². The molecule has 0 aliphatic heterocycles. The van der Waals surface area contributed by atoms with Crippen molar-refractivity contribution in [3.63, 3.8) is 0 Å². The monoisotopic (exact) mass is 346 g/mol. The summed E-state index contributed by atoms with van der Waals surface area (Å²) in [6, 6.07) is 21.8. The number of aldehydes is 1. The van der Waals surface area contributed by atoms with Crippen molar-refractivity contribution in [2.24, 2.45) is 0 Å². The lowest BCUT2D eigenvalue weighted by Crippen LogP contribution is -2.05. The molecule has 0 radical (unpaired) electrons. The maximum absolute atomic E-state index is 11.4. The average Bonchev–Trinajstić information content (AvgIpc) is 2.69. The van der Waals surface area contributed by atoms with Crippen LogP contribution in [-0.2, 0) is 13.2 Å². The molecule has 3 aromatic rings.